The monoisotopic (exact) mass is 344 g/mol. The van der Waals surface area contributed by atoms with Crippen LogP contribution in [-0.2, 0) is 20.9 Å². The Kier molecular flexibility index (Phi) is 5.01. The first-order chi connectivity index (χ1) is 12.0. The summed E-state index contributed by atoms with van der Waals surface area (Å²) in [4.78, 5) is 37.8. The van der Waals surface area contributed by atoms with Crippen molar-refractivity contribution in [2.24, 2.45) is 11.8 Å². The molecule has 2 atom stereocenters. The summed E-state index contributed by atoms with van der Waals surface area (Å²) in [6.07, 6.45) is 5.81. The Morgan fingerprint density at radius 2 is 1.84 bits per heavy atom. The molecule has 0 spiro atoms. The third-order valence-corrected chi connectivity index (χ3v) is 4.87. The normalized spacial score (nSPS) is 22.4. The molecule has 2 heterocycles. The Morgan fingerprint density at radius 1 is 1.20 bits per heavy atom. The highest BCUT2D eigenvalue weighted by atomic mass is 16.2. The highest BCUT2D eigenvalue weighted by Gasteiger charge is 2.47. The van der Waals surface area contributed by atoms with E-state index < -0.39 is 0 Å². The highest BCUT2D eigenvalue weighted by molar-refractivity contribution is 6.07. The van der Waals surface area contributed by atoms with E-state index in [9.17, 15) is 14.4 Å². The molecule has 1 aliphatic heterocycles. The number of amides is 3. The van der Waals surface area contributed by atoms with E-state index in [-0.39, 0.29) is 36.1 Å². The minimum absolute atomic E-state index is 0.176. The van der Waals surface area contributed by atoms with Crippen LogP contribution in [0, 0.1) is 25.7 Å². The second-order valence-electron chi connectivity index (χ2n) is 6.77. The van der Waals surface area contributed by atoms with Gasteiger partial charge in [-0.05, 0) is 39.2 Å². The molecule has 1 fully saturated rings. The molecule has 1 aromatic rings. The summed E-state index contributed by atoms with van der Waals surface area (Å²) in [6.45, 7) is 4.98. The van der Waals surface area contributed by atoms with Crippen LogP contribution in [0.15, 0.2) is 18.2 Å². The lowest BCUT2D eigenvalue weighted by Gasteiger charge is -2.14. The molecule has 0 aromatic carbocycles. The molecule has 0 saturated carbocycles. The maximum Gasteiger partial charge on any atom is 0.240 e. The predicted molar refractivity (Wildman–Crippen MR) is 91.4 cm³/mol. The summed E-state index contributed by atoms with van der Waals surface area (Å²) in [5.41, 5.74) is 2.07. The van der Waals surface area contributed by atoms with E-state index in [0.29, 0.717) is 19.4 Å². The Hall–Kier alpha value is -2.44. The SMILES string of the molecule is Cc1cc(C)n(CCCNC(=O)CN2C(=O)[C@H]3CC=CC[C@@H]3C2=O)n1. The van der Waals surface area contributed by atoms with Crippen molar-refractivity contribution in [3.63, 3.8) is 0 Å². The van der Waals surface area contributed by atoms with Gasteiger partial charge in [0.2, 0.25) is 17.7 Å². The zero-order valence-corrected chi connectivity index (χ0v) is 14.7. The van der Waals surface area contributed by atoms with Crippen molar-refractivity contribution in [3.05, 3.63) is 29.6 Å². The van der Waals surface area contributed by atoms with E-state index in [4.69, 9.17) is 0 Å². The van der Waals surface area contributed by atoms with Gasteiger partial charge < -0.3 is 5.32 Å². The lowest BCUT2D eigenvalue weighted by Crippen LogP contribution is -2.41. The van der Waals surface area contributed by atoms with Crippen molar-refractivity contribution in [3.8, 4) is 0 Å². The minimum atomic E-state index is -0.290. The molecule has 0 bridgehead atoms. The zero-order valence-electron chi connectivity index (χ0n) is 14.7. The molecule has 1 saturated heterocycles. The van der Waals surface area contributed by atoms with Crippen molar-refractivity contribution in [2.45, 2.75) is 39.7 Å². The molecule has 1 aliphatic carbocycles. The van der Waals surface area contributed by atoms with Crippen LogP contribution in [0.4, 0.5) is 0 Å². The Balaban J connectivity index is 1.44. The topological polar surface area (TPSA) is 84.3 Å². The van der Waals surface area contributed by atoms with Gasteiger partial charge in [0.25, 0.3) is 0 Å². The number of allylic oxidation sites excluding steroid dienone is 2. The highest BCUT2D eigenvalue weighted by Crippen LogP contribution is 2.34. The van der Waals surface area contributed by atoms with E-state index in [1.165, 1.54) is 0 Å². The van der Waals surface area contributed by atoms with E-state index >= 15 is 0 Å². The third-order valence-electron chi connectivity index (χ3n) is 4.87. The third kappa shape index (κ3) is 3.65. The average molecular weight is 344 g/mol. The number of likely N-dealkylation sites (tertiary alicyclic amines) is 1. The fourth-order valence-electron chi connectivity index (χ4n) is 3.58. The van der Waals surface area contributed by atoms with E-state index in [1.54, 1.807) is 0 Å². The maximum absolute atomic E-state index is 12.3. The van der Waals surface area contributed by atoms with Gasteiger partial charge in [-0.25, -0.2) is 0 Å². The van der Waals surface area contributed by atoms with E-state index in [0.717, 1.165) is 29.3 Å². The predicted octanol–water partition coefficient (Wildman–Crippen LogP) is 0.957. The summed E-state index contributed by atoms with van der Waals surface area (Å²) in [5, 5.41) is 7.16. The van der Waals surface area contributed by atoms with Gasteiger partial charge in [-0.3, -0.25) is 24.0 Å². The second-order valence-corrected chi connectivity index (χ2v) is 6.77. The summed E-state index contributed by atoms with van der Waals surface area (Å²) in [5.74, 6) is -1.27. The molecule has 3 rings (SSSR count). The first-order valence-corrected chi connectivity index (χ1v) is 8.75. The molecular formula is C18H24N4O3. The van der Waals surface area contributed by atoms with Gasteiger partial charge in [-0.2, -0.15) is 5.10 Å². The van der Waals surface area contributed by atoms with Gasteiger partial charge >= 0.3 is 0 Å². The fraction of sp³-hybridized carbons (Fsp3) is 0.556. The Morgan fingerprint density at radius 3 is 2.40 bits per heavy atom. The van der Waals surface area contributed by atoms with Crippen LogP contribution in [0.2, 0.25) is 0 Å². The number of nitrogens with one attached hydrogen (secondary N) is 1. The molecule has 1 N–H and O–H groups in total. The van der Waals surface area contributed by atoms with Crippen molar-refractivity contribution in [2.75, 3.05) is 13.1 Å². The summed E-state index contributed by atoms with van der Waals surface area (Å²) < 4.78 is 1.91. The lowest BCUT2D eigenvalue weighted by atomic mass is 9.85. The Labute approximate surface area is 147 Å². The molecule has 25 heavy (non-hydrogen) atoms. The summed E-state index contributed by atoms with van der Waals surface area (Å²) in [6, 6.07) is 2.01. The molecule has 1 aromatic heterocycles. The summed E-state index contributed by atoms with van der Waals surface area (Å²) in [7, 11) is 0. The molecule has 7 nitrogen and oxygen atoms in total. The number of fused-ring (bicyclic) bond motifs is 1. The van der Waals surface area contributed by atoms with Crippen LogP contribution in [0.25, 0.3) is 0 Å². The van der Waals surface area contributed by atoms with Crippen LogP contribution in [0.3, 0.4) is 0 Å². The number of rotatable bonds is 6. The minimum Gasteiger partial charge on any atom is -0.354 e. The fourth-order valence-corrected chi connectivity index (χ4v) is 3.58. The zero-order chi connectivity index (χ0) is 18.0. The van der Waals surface area contributed by atoms with Gasteiger partial charge in [0.15, 0.2) is 0 Å². The van der Waals surface area contributed by atoms with Crippen molar-refractivity contribution in [1.29, 1.82) is 0 Å². The number of hydrogen-bond donors (Lipinski definition) is 1. The first-order valence-electron chi connectivity index (χ1n) is 8.75. The second kappa shape index (κ2) is 7.21. The standard InChI is InChI=1S/C18H24N4O3/c1-12-10-13(2)22(20-12)9-5-8-19-16(23)11-21-17(24)14-6-3-4-7-15(14)18(21)25/h3-4,10,14-15H,5-9,11H2,1-2H3,(H,19,23)/t14-,15-/m0/s1. The number of aromatic nitrogens is 2. The Bertz CT molecular complexity index is 696. The van der Waals surface area contributed by atoms with Gasteiger partial charge in [0.1, 0.15) is 6.54 Å². The van der Waals surface area contributed by atoms with Crippen LogP contribution >= 0.6 is 0 Å². The molecule has 0 radical (unpaired) electrons. The van der Waals surface area contributed by atoms with Crippen LogP contribution < -0.4 is 5.32 Å². The number of hydrogen-bond acceptors (Lipinski definition) is 4. The van der Waals surface area contributed by atoms with Gasteiger partial charge in [0.05, 0.1) is 17.5 Å². The van der Waals surface area contributed by atoms with Crippen LogP contribution in [-0.4, -0.2) is 45.5 Å². The molecule has 0 unspecified atom stereocenters. The molecule has 3 amide bonds. The van der Waals surface area contributed by atoms with Crippen LogP contribution in [0.1, 0.15) is 30.7 Å². The van der Waals surface area contributed by atoms with Crippen molar-refractivity contribution < 1.29 is 14.4 Å². The largest absolute Gasteiger partial charge is 0.354 e. The van der Waals surface area contributed by atoms with E-state index in [2.05, 4.69) is 10.4 Å². The molecular weight excluding hydrogens is 320 g/mol. The number of nitrogens with zero attached hydrogens (tertiary/aromatic N) is 3. The van der Waals surface area contributed by atoms with Crippen molar-refractivity contribution in [1.82, 2.24) is 20.0 Å². The summed E-state index contributed by atoms with van der Waals surface area (Å²) >= 11 is 0. The number of carbonyl (C=O) groups is 3. The first kappa shape index (κ1) is 17.4. The molecule has 134 valence electrons. The van der Waals surface area contributed by atoms with Gasteiger partial charge in [-0.1, -0.05) is 12.2 Å². The quantitative estimate of drug-likeness (QED) is 0.473. The van der Waals surface area contributed by atoms with Gasteiger partial charge in [0, 0.05) is 18.8 Å². The maximum atomic E-state index is 12.3. The van der Waals surface area contributed by atoms with Crippen molar-refractivity contribution >= 4 is 17.7 Å². The molecule has 7 heteroatoms. The lowest BCUT2D eigenvalue weighted by molar-refractivity contribution is -0.143. The molecule has 2 aliphatic rings. The number of aryl methyl sites for hydroxylation is 3. The number of carbonyl (C=O) groups excluding carboxylic acids is 3. The smallest absolute Gasteiger partial charge is 0.240 e. The average Bonchev–Trinajstić information content (AvgIpc) is 3.03. The van der Waals surface area contributed by atoms with Crippen LogP contribution in [0.5, 0.6) is 0 Å². The van der Waals surface area contributed by atoms with E-state index in [1.807, 2.05) is 36.7 Å². The number of imide groups is 1. The van der Waals surface area contributed by atoms with Gasteiger partial charge in [-0.15, -0.1) is 0 Å².